The number of nitrogens with zero attached hydrogens (tertiary/aromatic N) is 1. The largest absolute Gasteiger partial charge is 0.478 e. The van der Waals surface area contributed by atoms with E-state index in [1.807, 2.05) is 24.3 Å². The Morgan fingerprint density at radius 2 is 1.32 bits per heavy atom. The van der Waals surface area contributed by atoms with Crippen molar-refractivity contribution in [2.75, 3.05) is 0 Å². The minimum Gasteiger partial charge on any atom is -0.478 e. The first-order valence-corrected chi connectivity index (χ1v) is 10.3. The number of imidazole rings is 1. The van der Waals surface area contributed by atoms with Gasteiger partial charge in [0.2, 0.25) is 0 Å². The number of aliphatic carboxylic acids is 2. The van der Waals surface area contributed by atoms with Crippen LogP contribution in [-0.4, -0.2) is 32.1 Å². The standard InChI is InChI=1S/C27H19FN2O4/c28-22-3-1-2-21(16-22)27-29-25(19-10-4-17(5-11-19)8-14-23(31)32)26(30-27)20-12-6-18(7-13-20)9-15-24(33)34/h1-16H,(H,29,30)(H,31,32)(H,33,34). The summed E-state index contributed by atoms with van der Waals surface area (Å²) in [6.45, 7) is 0. The van der Waals surface area contributed by atoms with Crippen LogP contribution in [0.3, 0.4) is 0 Å². The van der Waals surface area contributed by atoms with Gasteiger partial charge in [-0.1, -0.05) is 60.7 Å². The highest BCUT2D eigenvalue weighted by Gasteiger charge is 2.16. The molecule has 0 saturated heterocycles. The number of rotatable bonds is 7. The monoisotopic (exact) mass is 454 g/mol. The van der Waals surface area contributed by atoms with Gasteiger partial charge in [0.25, 0.3) is 0 Å². The molecule has 0 spiro atoms. The first-order chi connectivity index (χ1) is 16.4. The summed E-state index contributed by atoms with van der Waals surface area (Å²) in [5.74, 6) is -1.93. The van der Waals surface area contributed by atoms with Crippen molar-refractivity contribution in [2.45, 2.75) is 0 Å². The van der Waals surface area contributed by atoms with E-state index in [9.17, 15) is 14.0 Å². The minimum atomic E-state index is -1.03. The van der Waals surface area contributed by atoms with Crippen LogP contribution >= 0.6 is 0 Å². The van der Waals surface area contributed by atoms with E-state index in [1.165, 1.54) is 24.3 Å². The van der Waals surface area contributed by atoms with Crippen molar-refractivity contribution in [3.05, 3.63) is 102 Å². The Balaban J connectivity index is 1.77. The Morgan fingerprint density at radius 3 is 1.85 bits per heavy atom. The summed E-state index contributed by atoms with van der Waals surface area (Å²) in [6, 6.07) is 20.6. The highest BCUT2D eigenvalue weighted by molar-refractivity contribution is 5.87. The van der Waals surface area contributed by atoms with Crippen molar-refractivity contribution in [3.63, 3.8) is 0 Å². The number of nitrogens with one attached hydrogen (secondary N) is 1. The lowest BCUT2D eigenvalue weighted by molar-refractivity contribution is -0.132. The zero-order chi connectivity index (χ0) is 24.1. The third-order valence-corrected chi connectivity index (χ3v) is 5.02. The predicted molar refractivity (Wildman–Crippen MR) is 128 cm³/mol. The van der Waals surface area contributed by atoms with E-state index in [0.29, 0.717) is 22.8 Å². The Morgan fingerprint density at radius 1 is 0.765 bits per heavy atom. The number of aromatic nitrogens is 2. The van der Waals surface area contributed by atoms with Gasteiger partial charge >= 0.3 is 11.9 Å². The molecule has 3 aromatic carbocycles. The average Bonchev–Trinajstić information content (AvgIpc) is 3.27. The van der Waals surface area contributed by atoms with Gasteiger partial charge in [-0.15, -0.1) is 0 Å². The number of hydrogen-bond acceptors (Lipinski definition) is 3. The molecule has 0 unspecified atom stereocenters. The van der Waals surface area contributed by atoms with Gasteiger partial charge in [0.15, 0.2) is 0 Å². The molecular weight excluding hydrogens is 435 g/mol. The number of carboxylic acid groups (broad SMARTS) is 2. The fraction of sp³-hybridized carbons (Fsp3) is 0. The SMILES string of the molecule is O=C(O)C=Cc1ccc(-c2nc(-c3cccc(F)c3)[nH]c2-c2ccc(C=CC(=O)O)cc2)cc1. The molecule has 0 radical (unpaired) electrons. The van der Waals surface area contributed by atoms with Gasteiger partial charge in [-0.2, -0.15) is 0 Å². The van der Waals surface area contributed by atoms with E-state index in [2.05, 4.69) is 4.98 Å². The lowest BCUT2D eigenvalue weighted by atomic mass is 10.0. The Kier molecular flexibility index (Phi) is 6.45. The molecule has 1 aromatic heterocycles. The van der Waals surface area contributed by atoms with Crippen molar-refractivity contribution in [2.24, 2.45) is 0 Å². The van der Waals surface area contributed by atoms with Crippen molar-refractivity contribution in [3.8, 4) is 33.9 Å². The summed E-state index contributed by atoms with van der Waals surface area (Å²) in [7, 11) is 0. The maximum atomic E-state index is 13.8. The summed E-state index contributed by atoms with van der Waals surface area (Å²) < 4.78 is 13.8. The Hall–Kier alpha value is -4.78. The molecule has 0 fully saturated rings. The van der Waals surface area contributed by atoms with Crippen molar-refractivity contribution >= 4 is 24.1 Å². The molecule has 4 aromatic rings. The van der Waals surface area contributed by atoms with Crippen LogP contribution in [0.5, 0.6) is 0 Å². The molecule has 4 rings (SSSR count). The van der Waals surface area contributed by atoms with Crippen LogP contribution in [0.25, 0.3) is 46.1 Å². The summed E-state index contributed by atoms with van der Waals surface area (Å²) >= 11 is 0. The van der Waals surface area contributed by atoms with Gasteiger partial charge in [-0.25, -0.2) is 19.0 Å². The molecule has 0 atom stereocenters. The second-order valence-electron chi connectivity index (χ2n) is 7.41. The maximum Gasteiger partial charge on any atom is 0.328 e. The van der Waals surface area contributed by atoms with Gasteiger partial charge < -0.3 is 15.2 Å². The molecule has 6 nitrogen and oxygen atoms in total. The molecule has 1 heterocycles. The number of halogens is 1. The predicted octanol–water partition coefficient (Wildman–Crippen LogP) is 5.75. The van der Waals surface area contributed by atoms with Crippen LogP contribution in [0.2, 0.25) is 0 Å². The molecule has 3 N–H and O–H groups in total. The summed E-state index contributed by atoms with van der Waals surface area (Å²) in [6.07, 6.45) is 5.14. The molecule has 34 heavy (non-hydrogen) atoms. The number of carbonyl (C=O) groups is 2. The van der Waals surface area contributed by atoms with E-state index in [4.69, 9.17) is 15.2 Å². The smallest absolute Gasteiger partial charge is 0.328 e. The quantitative estimate of drug-likeness (QED) is 0.309. The highest BCUT2D eigenvalue weighted by atomic mass is 19.1. The second kappa shape index (κ2) is 9.79. The topological polar surface area (TPSA) is 103 Å². The fourth-order valence-corrected chi connectivity index (χ4v) is 3.41. The van der Waals surface area contributed by atoms with E-state index in [-0.39, 0.29) is 5.82 Å². The second-order valence-corrected chi connectivity index (χ2v) is 7.41. The van der Waals surface area contributed by atoms with Crippen LogP contribution in [0.1, 0.15) is 11.1 Å². The molecule has 0 aliphatic carbocycles. The van der Waals surface area contributed by atoms with Crippen molar-refractivity contribution < 1.29 is 24.2 Å². The number of carboxylic acids is 2. The van der Waals surface area contributed by atoms with Gasteiger partial charge in [-0.3, -0.25) is 0 Å². The fourth-order valence-electron chi connectivity index (χ4n) is 3.41. The summed E-state index contributed by atoms with van der Waals surface area (Å²) in [5.41, 5.74) is 5.00. The molecule has 0 aliphatic rings. The van der Waals surface area contributed by atoms with Gasteiger partial charge in [0, 0.05) is 28.8 Å². The van der Waals surface area contributed by atoms with Crippen LogP contribution in [-0.2, 0) is 9.59 Å². The van der Waals surface area contributed by atoms with Crippen molar-refractivity contribution in [1.29, 1.82) is 0 Å². The van der Waals surface area contributed by atoms with Gasteiger partial charge in [0.05, 0.1) is 11.4 Å². The van der Waals surface area contributed by atoms with Gasteiger partial charge in [0.1, 0.15) is 11.6 Å². The lowest BCUT2D eigenvalue weighted by Gasteiger charge is -2.05. The Bertz CT molecular complexity index is 1320. The number of benzene rings is 3. The van der Waals surface area contributed by atoms with Crippen LogP contribution in [0, 0.1) is 5.82 Å². The first-order valence-electron chi connectivity index (χ1n) is 10.3. The highest BCUT2D eigenvalue weighted by Crippen LogP contribution is 2.33. The first kappa shape index (κ1) is 22.4. The zero-order valence-electron chi connectivity index (χ0n) is 17.8. The van der Waals surface area contributed by atoms with E-state index < -0.39 is 11.9 Å². The van der Waals surface area contributed by atoms with E-state index in [0.717, 1.165) is 34.4 Å². The average molecular weight is 454 g/mol. The van der Waals surface area contributed by atoms with Gasteiger partial charge in [-0.05, 0) is 35.4 Å². The number of hydrogen-bond donors (Lipinski definition) is 3. The molecule has 7 heteroatoms. The molecule has 0 aliphatic heterocycles. The number of H-pyrrole nitrogens is 1. The molecule has 0 saturated carbocycles. The molecule has 0 amide bonds. The molecule has 168 valence electrons. The maximum absolute atomic E-state index is 13.8. The third kappa shape index (κ3) is 5.34. The lowest BCUT2D eigenvalue weighted by Crippen LogP contribution is -1.87. The van der Waals surface area contributed by atoms with Crippen molar-refractivity contribution in [1.82, 2.24) is 9.97 Å². The van der Waals surface area contributed by atoms with E-state index in [1.54, 1.807) is 36.4 Å². The van der Waals surface area contributed by atoms with Crippen LogP contribution in [0.4, 0.5) is 4.39 Å². The summed E-state index contributed by atoms with van der Waals surface area (Å²) in [4.78, 5) is 29.5. The molecular formula is C27H19FN2O4. The normalized spacial score (nSPS) is 11.3. The Labute approximate surface area is 194 Å². The summed E-state index contributed by atoms with van der Waals surface area (Å²) in [5, 5.41) is 17.6. The van der Waals surface area contributed by atoms with E-state index >= 15 is 0 Å². The van der Waals surface area contributed by atoms with Crippen LogP contribution < -0.4 is 0 Å². The number of aromatic amines is 1. The third-order valence-electron chi connectivity index (χ3n) is 5.02. The molecule has 0 bridgehead atoms. The van der Waals surface area contributed by atoms with Crippen LogP contribution in [0.15, 0.2) is 84.9 Å². The zero-order valence-corrected chi connectivity index (χ0v) is 17.8. The minimum absolute atomic E-state index is 0.374.